The van der Waals surface area contributed by atoms with Crippen molar-refractivity contribution in [3.8, 4) is 0 Å². The molecule has 0 amide bonds. The molecule has 4 N–H and O–H groups in total. The minimum absolute atomic E-state index is 0.442. The van der Waals surface area contributed by atoms with Gasteiger partial charge in [-0.3, -0.25) is 4.98 Å². The fraction of sp³-hybridized carbons (Fsp3) is 0.222. The van der Waals surface area contributed by atoms with Crippen molar-refractivity contribution in [3.63, 3.8) is 0 Å². The topological polar surface area (TPSA) is 77.8 Å². The molecule has 3 aromatic rings. The van der Waals surface area contributed by atoms with E-state index in [9.17, 15) is 0 Å². The molecule has 116 valence electrons. The van der Waals surface area contributed by atoms with Gasteiger partial charge in [-0.25, -0.2) is 4.98 Å². The summed E-state index contributed by atoms with van der Waals surface area (Å²) in [6, 6.07) is 17.7. The highest BCUT2D eigenvalue weighted by molar-refractivity contribution is 5.73. The molecule has 3 rings (SSSR count). The molecule has 4 heteroatoms. The Morgan fingerprint density at radius 1 is 0.773 bits per heavy atom. The summed E-state index contributed by atoms with van der Waals surface area (Å²) in [7, 11) is 0. The Labute approximate surface area is 132 Å². The van der Waals surface area contributed by atoms with Crippen LogP contribution in [0.5, 0.6) is 0 Å². The van der Waals surface area contributed by atoms with Crippen molar-refractivity contribution < 1.29 is 0 Å². The maximum Gasteiger partial charge on any atom is 0.0890 e. The summed E-state index contributed by atoms with van der Waals surface area (Å²) in [5.41, 5.74) is 14.6. The molecule has 0 radical (unpaired) electrons. The van der Waals surface area contributed by atoms with E-state index in [0.717, 1.165) is 16.7 Å². The smallest absolute Gasteiger partial charge is 0.0890 e. The molecule has 0 aliphatic heterocycles. The SMILES string of the molecule is CC.NCc1ccccc1.NCc1cnc2ccccc2n1. The standard InChI is InChI=1S/C9H9N3.C7H9N.C2H6/c10-5-7-6-11-8-3-1-2-4-9(8)12-7;8-6-7-4-2-1-3-5-7;1-2/h1-4,6H,5,10H2;1-5H,6,8H2;1-2H3. The zero-order valence-electron chi connectivity index (χ0n) is 13.2. The zero-order valence-corrected chi connectivity index (χ0v) is 13.2. The molecule has 0 aliphatic carbocycles. The molecule has 2 aromatic carbocycles. The van der Waals surface area contributed by atoms with Gasteiger partial charge in [-0.05, 0) is 17.7 Å². The van der Waals surface area contributed by atoms with E-state index in [0.29, 0.717) is 13.1 Å². The third-order valence-corrected chi connectivity index (χ3v) is 2.79. The molecule has 0 unspecified atom stereocenters. The first kappa shape index (κ1) is 17.8. The fourth-order valence-corrected chi connectivity index (χ4v) is 1.71. The van der Waals surface area contributed by atoms with Gasteiger partial charge in [-0.1, -0.05) is 56.3 Å². The van der Waals surface area contributed by atoms with Crippen molar-refractivity contribution in [2.45, 2.75) is 26.9 Å². The first-order chi connectivity index (χ1) is 10.8. The molecule has 0 aliphatic rings. The van der Waals surface area contributed by atoms with Crippen molar-refractivity contribution in [1.82, 2.24) is 9.97 Å². The van der Waals surface area contributed by atoms with E-state index in [-0.39, 0.29) is 0 Å². The van der Waals surface area contributed by atoms with Gasteiger partial charge in [-0.15, -0.1) is 0 Å². The van der Waals surface area contributed by atoms with Crippen molar-refractivity contribution in [2.75, 3.05) is 0 Å². The van der Waals surface area contributed by atoms with Gasteiger partial charge in [0.1, 0.15) is 0 Å². The quantitative estimate of drug-likeness (QED) is 0.761. The first-order valence-electron chi connectivity index (χ1n) is 7.48. The summed E-state index contributed by atoms with van der Waals surface area (Å²) in [6.45, 7) is 5.08. The number of hydrogen-bond donors (Lipinski definition) is 2. The summed E-state index contributed by atoms with van der Waals surface area (Å²) < 4.78 is 0. The van der Waals surface area contributed by atoms with Crippen LogP contribution in [0.15, 0.2) is 60.8 Å². The summed E-state index contributed by atoms with van der Waals surface area (Å²) in [5, 5.41) is 0. The minimum Gasteiger partial charge on any atom is -0.326 e. The number of fused-ring (bicyclic) bond motifs is 1. The molecular formula is C18H24N4. The number of benzene rings is 2. The Hall–Kier alpha value is -2.30. The third kappa shape index (κ3) is 5.60. The lowest BCUT2D eigenvalue weighted by Gasteiger charge is -1.97. The van der Waals surface area contributed by atoms with Gasteiger partial charge in [0.05, 0.1) is 22.9 Å². The van der Waals surface area contributed by atoms with Gasteiger partial charge in [0, 0.05) is 13.1 Å². The molecule has 0 fully saturated rings. The summed E-state index contributed by atoms with van der Waals surface area (Å²) in [5.74, 6) is 0. The minimum atomic E-state index is 0.442. The molecule has 4 nitrogen and oxygen atoms in total. The van der Waals surface area contributed by atoms with Crippen LogP contribution in [0.3, 0.4) is 0 Å². The van der Waals surface area contributed by atoms with Gasteiger partial charge in [0.25, 0.3) is 0 Å². The second-order valence-electron chi connectivity index (χ2n) is 4.24. The lowest BCUT2D eigenvalue weighted by molar-refractivity contribution is 0.987. The second kappa shape index (κ2) is 10.4. The second-order valence-corrected chi connectivity index (χ2v) is 4.24. The fourth-order valence-electron chi connectivity index (χ4n) is 1.71. The highest BCUT2D eigenvalue weighted by Gasteiger charge is 1.95. The van der Waals surface area contributed by atoms with E-state index < -0.39 is 0 Å². The monoisotopic (exact) mass is 296 g/mol. The van der Waals surface area contributed by atoms with Crippen LogP contribution in [0.2, 0.25) is 0 Å². The number of nitrogens with two attached hydrogens (primary N) is 2. The molecule has 1 heterocycles. The summed E-state index contributed by atoms with van der Waals surface area (Å²) >= 11 is 0. The van der Waals surface area contributed by atoms with Crippen LogP contribution >= 0.6 is 0 Å². The lowest BCUT2D eigenvalue weighted by atomic mass is 10.2. The van der Waals surface area contributed by atoms with E-state index >= 15 is 0 Å². The van der Waals surface area contributed by atoms with Crippen molar-refractivity contribution in [2.24, 2.45) is 11.5 Å². The largest absolute Gasteiger partial charge is 0.326 e. The highest BCUT2D eigenvalue weighted by atomic mass is 14.8. The van der Waals surface area contributed by atoms with E-state index in [1.54, 1.807) is 6.20 Å². The number of aromatic nitrogens is 2. The van der Waals surface area contributed by atoms with Crippen molar-refractivity contribution in [3.05, 3.63) is 72.1 Å². The van der Waals surface area contributed by atoms with Gasteiger partial charge < -0.3 is 11.5 Å². The van der Waals surface area contributed by atoms with Gasteiger partial charge in [0.2, 0.25) is 0 Å². The maximum atomic E-state index is 5.44. The molecule has 0 bridgehead atoms. The van der Waals surface area contributed by atoms with E-state index in [4.69, 9.17) is 11.5 Å². The van der Waals surface area contributed by atoms with E-state index in [2.05, 4.69) is 9.97 Å². The summed E-state index contributed by atoms with van der Waals surface area (Å²) in [4.78, 5) is 8.52. The normalized spacial score (nSPS) is 9.27. The Morgan fingerprint density at radius 2 is 1.36 bits per heavy atom. The molecule has 1 aromatic heterocycles. The number of hydrogen-bond acceptors (Lipinski definition) is 4. The Kier molecular flexibility index (Phi) is 8.42. The Bertz CT molecular complexity index is 653. The predicted octanol–water partition coefficient (Wildman–Crippen LogP) is 3.26. The van der Waals surface area contributed by atoms with Gasteiger partial charge in [0.15, 0.2) is 0 Å². The maximum absolute atomic E-state index is 5.44. The van der Waals surface area contributed by atoms with Crippen LogP contribution in [0, 0.1) is 0 Å². The molecule has 0 saturated heterocycles. The third-order valence-electron chi connectivity index (χ3n) is 2.79. The summed E-state index contributed by atoms with van der Waals surface area (Å²) in [6.07, 6.45) is 1.71. The van der Waals surface area contributed by atoms with Gasteiger partial charge >= 0.3 is 0 Å². The van der Waals surface area contributed by atoms with E-state index in [1.807, 2.05) is 68.4 Å². The molecule has 0 atom stereocenters. The molecule has 0 saturated carbocycles. The van der Waals surface area contributed by atoms with Crippen molar-refractivity contribution in [1.29, 1.82) is 0 Å². The van der Waals surface area contributed by atoms with E-state index in [1.165, 1.54) is 5.56 Å². The van der Waals surface area contributed by atoms with Crippen LogP contribution in [-0.2, 0) is 13.1 Å². The average Bonchev–Trinajstić information content (AvgIpc) is 2.64. The van der Waals surface area contributed by atoms with Crippen LogP contribution in [0.4, 0.5) is 0 Å². The predicted molar refractivity (Wildman–Crippen MR) is 93.1 cm³/mol. The number of nitrogens with zero attached hydrogens (tertiary/aromatic N) is 2. The zero-order chi connectivity index (χ0) is 16.2. The van der Waals surface area contributed by atoms with Crippen LogP contribution in [0.1, 0.15) is 25.1 Å². The van der Waals surface area contributed by atoms with Crippen LogP contribution < -0.4 is 11.5 Å². The number of rotatable bonds is 2. The van der Waals surface area contributed by atoms with Crippen molar-refractivity contribution >= 4 is 11.0 Å². The van der Waals surface area contributed by atoms with Crippen LogP contribution in [-0.4, -0.2) is 9.97 Å². The van der Waals surface area contributed by atoms with Crippen LogP contribution in [0.25, 0.3) is 11.0 Å². The molecular weight excluding hydrogens is 272 g/mol. The Morgan fingerprint density at radius 3 is 1.91 bits per heavy atom. The molecule has 22 heavy (non-hydrogen) atoms. The average molecular weight is 296 g/mol. The molecule has 0 spiro atoms. The first-order valence-corrected chi connectivity index (χ1v) is 7.48. The number of para-hydroxylation sites is 2. The highest BCUT2D eigenvalue weighted by Crippen LogP contribution is 2.07. The Balaban J connectivity index is 0.000000211. The lowest BCUT2D eigenvalue weighted by Crippen LogP contribution is -2.00. The van der Waals surface area contributed by atoms with Gasteiger partial charge in [-0.2, -0.15) is 0 Å².